The predicted octanol–water partition coefficient (Wildman–Crippen LogP) is 0.764. The minimum Gasteiger partial charge on any atom is -0.492 e. The van der Waals surface area contributed by atoms with Crippen LogP contribution in [0.3, 0.4) is 0 Å². The molecule has 0 aliphatic carbocycles. The molecule has 1 saturated heterocycles. The summed E-state index contributed by atoms with van der Waals surface area (Å²) in [7, 11) is 10.1. The maximum Gasteiger partial charge on any atom is 0.186 e. The number of guanidine groups is 1. The van der Waals surface area contributed by atoms with Crippen LogP contribution in [0.4, 0.5) is 0 Å². The van der Waals surface area contributed by atoms with Gasteiger partial charge < -0.3 is 129 Å². The Hall–Kier alpha value is -2.49. The van der Waals surface area contributed by atoms with Crippen LogP contribution in [0.25, 0.3) is 0 Å². The van der Waals surface area contributed by atoms with E-state index in [0.717, 1.165) is 43.2 Å². The minimum absolute atomic E-state index is 0.0247. The summed E-state index contributed by atoms with van der Waals surface area (Å²) in [6, 6.07) is 17.7. The van der Waals surface area contributed by atoms with Gasteiger partial charge in [-0.2, -0.15) is 0 Å². The largest absolute Gasteiger partial charge is 0.492 e. The van der Waals surface area contributed by atoms with Crippen LogP contribution in [0, 0.1) is 0 Å². The summed E-state index contributed by atoms with van der Waals surface area (Å²) in [5.41, 5.74) is 12.7. The van der Waals surface area contributed by atoms with Crippen molar-refractivity contribution in [3.05, 3.63) is 91.0 Å². The number of para-hydroxylation sites is 1. The number of alkyl halides is 1. The van der Waals surface area contributed by atoms with Crippen molar-refractivity contribution in [1.82, 2.24) is 4.90 Å². The van der Waals surface area contributed by atoms with Gasteiger partial charge in [0, 0.05) is 68.6 Å². The van der Waals surface area contributed by atoms with E-state index in [2.05, 4.69) is 72.0 Å². The fraction of sp³-hybridized carbons (Fsp3) is 0.712. The molecule has 1 fully saturated rings. The highest BCUT2D eigenvalue weighted by atomic mass is 80.9. The van der Waals surface area contributed by atoms with Gasteiger partial charge in [-0.25, -0.2) is 4.99 Å². The molecule has 89 heavy (non-hydrogen) atoms. The smallest absolute Gasteiger partial charge is 0.186 e. The maximum atomic E-state index is 10.0. The molecule has 10 atom stereocenters. The number of benzene rings is 2. The first kappa shape index (κ1) is 92.9. The second-order valence-corrected chi connectivity index (χ2v) is 19.9. The zero-order valence-corrected chi connectivity index (χ0v) is 57.6. The van der Waals surface area contributed by atoms with E-state index in [1.165, 1.54) is 28.4 Å². The van der Waals surface area contributed by atoms with Crippen molar-refractivity contribution < 1.29 is 113 Å². The molecule has 0 spiro atoms. The highest BCUT2D eigenvalue weighted by Crippen LogP contribution is 2.11. The number of nitrogens with zero attached hydrogens (tertiary/aromatic N) is 2. The number of nitrogens with two attached hydrogens (primary N) is 2. The lowest BCUT2D eigenvalue weighted by Gasteiger charge is -2.18. The first-order valence-corrected chi connectivity index (χ1v) is 33.3. The first-order chi connectivity index (χ1) is 42.8. The van der Waals surface area contributed by atoms with E-state index in [1.807, 2.05) is 68.7 Å². The Labute approximate surface area is 551 Å². The third kappa shape index (κ3) is 68.2. The third-order valence-electron chi connectivity index (χ3n) is 10.5. The zero-order chi connectivity index (χ0) is 67.7. The van der Waals surface area contributed by atoms with Crippen molar-refractivity contribution in [2.45, 2.75) is 80.4 Å². The van der Waals surface area contributed by atoms with Gasteiger partial charge in [-0.3, -0.25) is 0 Å². The van der Waals surface area contributed by atoms with Gasteiger partial charge in [0.05, 0.1) is 151 Å². The monoisotopic (exact) mass is 1480 g/mol. The highest BCUT2D eigenvalue weighted by molar-refractivity contribution is 9.93. The van der Waals surface area contributed by atoms with E-state index >= 15 is 0 Å². The molecule has 524 valence electrons. The molecule has 0 radical (unpaired) electrons. The van der Waals surface area contributed by atoms with Gasteiger partial charge >= 0.3 is 0 Å². The summed E-state index contributed by atoms with van der Waals surface area (Å²) in [6.07, 6.45) is -0.598. The van der Waals surface area contributed by atoms with Gasteiger partial charge in [0.25, 0.3) is 0 Å². The van der Waals surface area contributed by atoms with E-state index in [9.17, 15) is 20.4 Å². The van der Waals surface area contributed by atoms with E-state index in [1.54, 1.807) is 12.2 Å². The quantitative estimate of drug-likeness (QED) is 0.0109. The first-order valence-electron chi connectivity index (χ1n) is 28.5. The lowest BCUT2D eigenvalue weighted by atomic mass is 10.1. The fourth-order valence-electron chi connectivity index (χ4n) is 5.88. The molecule has 1 aliphatic heterocycles. The van der Waals surface area contributed by atoms with Crippen LogP contribution in [-0.2, 0) is 69.8 Å². The second-order valence-electron chi connectivity index (χ2n) is 19.2. The number of aliphatic imine (C=N–C) groups is 1. The van der Waals surface area contributed by atoms with Gasteiger partial charge in [0.1, 0.15) is 61.2 Å². The SMILES string of the molecule is BrBr.C=CCOCC(O)COC(CO)COC.C=CCOCC1CO1.CN(C)CCOc1ccccc1.COCC(CO)OCC(O)COCC(O)CBr.COCC(CO)OCC(O)COCC(O)CCc1ccc(CN=C(N)N)cc1.COCC(O)CO. The number of methoxy groups -OCH3 is 4. The molecule has 1 heterocycles. The van der Waals surface area contributed by atoms with Crippen LogP contribution in [0.5, 0.6) is 5.75 Å². The Bertz CT molecular complexity index is 1800. The Morgan fingerprint density at radius 3 is 1.39 bits per heavy atom. The number of aryl methyl sites for hydroxylation is 1. The van der Waals surface area contributed by atoms with Crippen molar-refractivity contribution in [1.29, 1.82) is 0 Å². The Morgan fingerprint density at radius 2 is 1.01 bits per heavy atom. The van der Waals surface area contributed by atoms with Crippen LogP contribution in [0.15, 0.2) is 84.9 Å². The van der Waals surface area contributed by atoms with Crippen molar-refractivity contribution in [2.24, 2.45) is 16.5 Å². The molecular formula is C59H109Br3N4O23. The van der Waals surface area contributed by atoms with Crippen LogP contribution in [0.2, 0.25) is 0 Å². The number of aliphatic hydroxyl groups is 10. The number of epoxide rings is 1. The maximum absolute atomic E-state index is 10.0. The number of hydrogen-bond acceptors (Lipinski definition) is 25. The summed E-state index contributed by atoms with van der Waals surface area (Å²) in [5, 5.41) is 91.7. The standard InChI is InChI=1S/C19H33N3O6.C10H21BrO6.C10H15NO.C10H20O5.C6H10O2.C4H10O3.Br2/c1-26-13-18(9-23)28-12-17(25)11-27-10-16(24)7-6-14-2-4-15(5-3-14)8-22-19(20)21;1-15-7-10(3-12)17-6-9(14)5-16-4-8(13)2-11;1-11(2)8-9-12-10-6-4-3-5-7-10;1-3-4-14-6-9(12)7-15-10(5-11)8-13-2;1-2-3-7-4-6-5-8-6;1-7-3-4(6)2-5;1-2/h2-5,16-18,23-25H,6-13H2,1H3,(H4,20,21,22);8-10,12-14H,2-7H2,1H3;3-7H,8-9H2,1-2H3;3,9-12H,1,4-8H2,2H3;2,6H,1,3-5H2;4-6H,2-3H2,1H3;. The van der Waals surface area contributed by atoms with Gasteiger partial charge in [0.2, 0.25) is 0 Å². The number of likely N-dealkylation sites (N-methyl/N-ethyl adjacent to an activating group) is 1. The Morgan fingerprint density at radius 1 is 0.584 bits per heavy atom. The highest BCUT2D eigenvalue weighted by Gasteiger charge is 2.22. The summed E-state index contributed by atoms with van der Waals surface area (Å²) in [4.78, 5) is 6.05. The van der Waals surface area contributed by atoms with E-state index in [-0.39, 0.29) is 105 Å². The van der Waals surface area contributed by atoms with E-state index in [4.69, 9.17) is 98.9 Å². The number of hydrogen-bond donors (Lipinski definition) is 12. The normalized spacial score (nSPS) is 15.1. The van der Waals surface area contributed by atoms with Crippen LogP contribution in [-0.4, -0.2) is 316 Å². The third-order valence-corrected chi connectivity index (χ3v) is 11.2. The van der Waals surface area contributed by atoms with Gasteiger partial charge in [-0.1, -0.05) is 70.5 Å². The molecule has 30 heteroatoms. The molecular weight excluding hydrogens is 1370 g/mol. The molecule has 2 aromatic carbocycles. The van der Waals surface area contributed by atoms with Crippen molar-refractivity contribution in [2.75, 3.05) is 193 Å². The topological polar surface area (TPSA) is 393 Å². The molecule has 3 rings (SSSR count). The second kappa shape index (κ2) is 69.8. The average molecular weight is 1480 g/mol. The predicted molar refractivity (Wildman–Crippen MR) is 351 cm³/mol. The van der Waals surface area contributed by atoms with Crippen LogP contribution in [0.1, 0.15) is 17.5 Å². The molecule has 0 bridgehead atoms. The molecule has 10 unspecified atom stereocenters. The molecule has 0 amide bonds. The number of rotatable bonds is 47. The summed E-state index contributed by atoms with van der Waals surface area (Å²) in [6.45, 7) is 12.9. The number of aliphatic hydroxyl groups excluding tert-OH is 10. The average Bonchev–Trinajstić information content (AvgIpc) is 4.58. The molecule has 14 N–H and O–H groups in total. The Balaban J connectivity index is -0.000000514. The molecule has 0 aromatic heterocycles. The lowest BCUT2D eigenvalue weighted by molar-refractivity contribution is -0.0831. The van der Waals surface area contributed by atoms with Gasteiger partial charge in [0.15, 0.2) is 5.96 Å². The summed E-state index contributed by atoms with van der Waals surface area (Å²) >= 11 is 8.60. The summed E-state index contributed by atoms with van der Waals surface area (Å²) in [5.74, 6) is 1.01. The zero-order valence-electron chi connectivity index (χ0n) is 52.9. The fourth-order valence-corrected chi connectivity index (χ4v) is 6.07. The number of ether oxygens (including phenoxy) is 13. The van der Waals surface area contributed by atoms with Crippen molar-refractivity contribution in [3.8, 4) is 5.75 Å². The molecule has 0 saturated carbocycles. The van der Waals surface area contributed by atoms with E-state index in [0.29, 0.717) is 50.6 Å². The summed E-state index contributed by atoms with van der Waals surface area (Å²) < 4.78 is 65.6. The number of halogens is 3. The van der Waals surface area contributed by atoms with Gasteiger partial charge in [-0.15, -0.1) is 13.2 Å². The van der Waals surface area contributed by atoms with Crippen molar-refractivity contribution in [3.63, 3.8) is 0 Å². The minimum atomic E-state index is -0.837. The van der Waals surface area contributed by atoms with E-state index < -0.39 is 54.9 Å². The Kier molecular flexibility index (Phi) is 72.9. The van der Waals surface area contributed by atoms with Crippen LogP contribution >= 0.6 is 44.2 Å². The molecule has 1 aliphatic rings. The molecule has 2 aromatic rings. The molecule has 27 nitrogen and oxygen atoms in total. The van der Waals surface area contributed by atoms with Crippen molar-refractivity contribution >= 4 is 50.1 Å². The lowest BCUT2D eigenvalue weighted by Crippen LogP contribution is -2.31. The van der Waals surface area contributed by atoms with Crippen LogP contribution < -0.4 is 16.2 Å². The van der Waals surface area contributed by atoms with Gasteiger partial charge in [-0.05, 0) is 50.2 Å².